The van der Waals surface area contributed by atoms with Crippen molar-refractivity contribution in [1.82, 2.24) is 4.98 Å². The summed E-state index contributed by atoms with van der Waals surface area (Å²) in [6.07, 6.45) is 0. The lowest BCUT2D eigenvalue weighted by Crippen LogP contribution is -2.15. The van der Waals surface area contributed by atoms with E-state index < -0.39 is 11.2 Å². The van der Waals surface area contributed by atoms with Gasteiger partial charge in [0, 0.05) is 15.6 Å². The lowest BCUT2D eigenvalue weighted by molar-refractivity contribution is 0.0525. The minimum atomic E-state index is -0.425. The molecule has 0 spiro atoms. The zero-order valence-electron chi connectivity index (χ0n) is 14.4. The third kappa shape index (κ3) is 4.40. The van der Waals surface area contributed by atoms with Gasteiger partial charge in [0.25, 0.3) is 0 Å². The molecule has 0 aliphatic rings. The normalized spacial score (nSPS) is 12.1. The second-order valence-electron chi connectivity index (χ2n) is 5.54. The molecular formula is C18H19Cl2NO3S. The van der Waals surface area contributed by atoms with Crippen molar-refractivity contribution >= 4 is 46.7 Å². The van der Waals surface area contributed by atoms with Crippen LogP contribution >= 0.6 is 35.0 Å². The van der Waals surface area contributed by atoms with E-state index in [-0.39, 0.29) is 12.4 Å². The molecule has 0 unspecified atom stereocenters. The van der Waals surface area contributed by atoms with E-state index in [2.05, 4.69) is 4.98 Å². The minimum absolute atomic E-state index is 0.114. The molecule has 134 valence electrons. The summed E-state index contributed by atoms with van der Waals surface area (Å²) in [6.45, 7) is 7.32. The van der Waals surface area contributed by atoms with Crippen LogP contribution in [-0.2, 0) is 4.74 Å². The van der Waals surface area contributed by atoms with E-state index in [0.29, 0.717) is 32.6 Å². The number of aromatic nitrogens is 1. The van der Waals surface area contributed by atoms with Gasteiger partial charge in [0.1, 0.15) is 0 Å². The molecule has 2 rings (SSSR count). The molecule has 0 saturated heterocycles. The van der Waals surface area contributed by atoms with Crippen molar-refractivity contribution in [3.05, 3.63) is 50.8 Å². The van der Waals surface area contributed by atoms with Crippen LogP contribution in [0.25, 0.3) is 0 Å². The Balaban J connectivity index is 2.27. The fourth-order valence-corrected chi connectivity index (χ4v) is 3.99. The highest BCUT2D eigenvalue weighted by Crippen LogP contribution is 2.34. The molecule has 1 N–H and O–H groups in total. The topological polar surface area (TPSA) is 59.2 Å². The highest BCUT2D eigenvalue weighted by molar-refractivity contribution is 8.00. The van der Waals surface area contributed by atoms with Gasteiger partial charge >= 0.3 is 5.97 Å². The summed E-state index contributed by atoms with van der Waals surface area (Å²) in [5.74, 6) is -0.539. The number of aromatic amines is 1. The first kappa shape index (κ1) is 19.9. The van der Waals surface area contributed by atoms with Gasteiger partial charge in [-0.3, -0.25) is 4.79 Å². The third-order valence-electron chi connectivity index (χ3n) is 3.73. The molecule has 0 aliphatic carbocycles. The van der Waals surface area contributed by atoms with Gasteiger partial charge in [-0.1, -0.05) is 23.2 Å². The van der Waals surface area contributed by atoms with Crippen molar-refractivity contribution in [2.45, 2.75) is 37.8 Å². The van der Waals surface area contributed by atoms with Crippen LogP contribution in [0.3, 0.4) is 0 Å². The fraction of sp³-hybridized carbons (Fsp3) is 0.333. The number of aryl methyl sites for hydroxylation is 1. The van der Waals surface area contributed by atoms with Gasteiger partial charge in [-0.2, -0.15) is 0 Å². The predicted octanol–water partition coefficient (Wildman–Crippen LogP) is 5.48. The Morgan fingerprint density at radius 2 is 1.96 bits per heavy atom. The quantitative estimate of drug-likeness (QED) is 0.396. The molecule has 2 aromatic rings. The number of thioether (sulfide) groups is 1. The van der Waals surface area contributed by atoms with Gasteiger partial charge in [0.15, 0.2) is 5.78 Å². The molecule has 0 amide bonds. The molecule has 25 heavy (non-hydrogen) atoms. The summed E-state index contributed by atoms with van der Waals surface area (Å²) in [7, 11) is 0. The maximum atomic E-state index is 12.8. The molecule has 0 bridgehead atoms. The standard InChI is InChI=1S/C18H19Cl2NO3S/c1-5-24-18(23)15-9(2)16(21-10(15)3)17(22)11(4)25-14-8-12(19)6-7-13(14)20/h6-8,11,21H,5H2,1-4H3/t11-/m1/s1. The number of rotatable bonds is 6. The predicted molar refractivity (Wildman–Crippen MR) is 102 cm³/mol. The molecule has 1 aromatic heterocycles. The summed E-state index contributed by atoms with van der Waals surface area (Å²) in [5.41, 5.74) is 2.06. The smallest absolute Gasteiger partial charge is 0.340 e. The fourth-order valence-electron chi connectivity index (χ4n) is 2.52. The average molecular weight is 400 g/mol. The number of carbonyl (C=O) groups excluding carboxylic acids is 2. The average Bonchev–Trinajstić information content (AvgIpc) is 2.85. The lowest BCUT2D eigenvalue weighted by Gasteiger charge is -2.12. The molecule has 7 heteroatoms. The Labute approximate surface area is 161 Å². The summed E-state index contributed by atoms with van der Waals surface area (Å²) in [6, 6.07) is 5.13. The van der Waals surface area contributed by atoms with E-state index >= 15 is 0 Å². The Morgan fingerprint density at radius 1 is 1.28 bits per heavy atom. The van der Waals surface area contributed by atoms with Crippen molar-refractivity contribution < 1.29 is 14.3 Å². The van der Waals surface area contributed by atoms with Gasteiger partial charge in [0.05, 0.1) is 28.1 Å². The lowest BCUT2D eigenvalue weighted by atomic mass is 10.1. The summed E-state index contributed by atoms with van der Waals surface area (Å²) >= 11 is 13.5. The number of esters is 1. The number of Topliss-reactive ketones (excluding diaryl/α,β-unsaturated/α-hetero) is 1. The first-order valence-electron chi connectivity index (χ1n) is 7.78. The summed E-state index contributed by atoms with van der Waals surface area (Å²) < 4.78 is 5.06. The monoisotopic (exact) mass is 399 g/mol. The van der Waals surface area contributed by atoms with Crippen LogP contribution < -0.4 is 0 Å². The second kappa shape index (κ2) is 8.30. The van der Waals surface area contributed by atoms with Crippen LogP contribution in [-0.4, -0.2) is 28.6 Å². The second-order valence-corrected chi connectivity index (χ2v) is 7.77. The highest BCUT2D eigenvalue weighted by Gasteiger charge is 2.26. The number of carbonyl (C=O) groups is 2. The maximum Gasteiger partial charge on any atom is 0.340 e. The van der Waals surface area contributed by atoms with Crippen LogP contribution in [0.2, 0.25) is 10.0 Å². The number of hydrogen-bond acceptors (Lipinski definition) is 4. The molecule has 1 heterocycles. The Kier molecular flexibility index (Phi) is 6.60. The first-order valence-corrected chi connectivity index (χ1v) is 9.42. The van der Waals surface area contributed by atoms with Gasteiger partial charge in [-0.05, 0) is 51.5 Å². The van der Waals surface area contributed by atoms with E-state index in [0.717, 1.165) is 4.90 Å². The van der Waals surface area contributed by atoms with Crippen molar-refractivity contribution in [3.63, 3.8) is 0 Å². The van der Waals surface area contributed by atoms with Crippen LogP contribution in [0.1, 0.15) is 46.0 Å². The molecule has 0 radical (unpaired) electrons. The van der Waals surface area contributed by atoms with E-state index in [1.54, 1.807) is 45.9 Å². The number of ether oxygens (including phenoxy) is 1. The van der Waals surface area contributed by atoms with Gasteiger partial charge in [0.2, 0.25) is 0 Å². The first-order chi connectivity index (χ1) is 11.8. The highest BCUT2D eigenvalue weighted by atomic mass is 35.5. The molecule has 1 aromatic carbocycles. The molecular weight excluding hydrogens is 381 g/mol. The summed E-state index contributed by atoms with van der Waals surface area (Å²) in [4.78, 5) is 28.7. The Hall–Kier alpha value is -1.43. The van der Waals surface area contributed by atoms with E-state index in [9.17, 15) is 9.59 Å². The number of hydrogen-bond donors (Lipinski definition) is 1. The van der Waals surface area contributed by atoms with Crippen LogP contribution in [0.15, 0.2) is 23.1 Å². The molecule has 0 fully saturated rings. The van der Waals surface area contributed by atoms with E-state index in [1.165, 1.54) is 11.8 Å². The van der Waals surface area contributed by atoms with Gasteiger partial charge in [-0.15, -0.1) is 11.8 Å². The van der Waals surface area contributed by atoms with Crippen LogP contribution in [0.4, 0.5) is 0 Å². The SMILES string of the molecule is CCOC(=O)c1c(C)[nH]c(C(=O)[C@@H](C)Sc2cc(Cl)ccc2Cl)c1C. The zero-order chi connectivity index (χ0) is 18.7. The van der Waals surface area contributed by atoms with E-state index in [4.69, 9.17) is 27.9 Å². The van der Waals surface area contributed by atoms with Gasteiger partial charge < -0.3 is 9.72 Å². The molecule has 0 saturated carbocycles. The van der Waals surface area contributed by atoms with Crippen molar-refractivity contribution in [2.24, 2.45) is 0 Å². The van der Waals surface area contributed by atoms with E-state index in [1.807, 2.05) is 0 Å². The van der Waals surface area contributed by atoms with Crippen molar-refractivity contribution in [2.75, 3.05) is 6.61 Å². The van der Waals surface area contributed by atoms with Crippen LogP contribution in [0.5, 0.6) is 0 Å². The maximum absolute atomic E-state index is 12.8. The Bertz CT molecular complexity index is 817. The van der Waals surface area contributed by atoms with Crippen molar-refractivity contribution in [1.29, 1.82) is 0 Å². The molecule has 1 atom stereocenters. The number of ketones is 1. The van der Waals surface area contributed by atoms with Crippen LogP contribution in [0, 0.1) is 13.8 Å². The van der Waals surface area contributed by atoms with Crippen molar-refractivity contribution in [3.8, 4) is 0 Å². The largest absolute Gasteiger partial charge is 0.462 e. The number of benzene rings is 1. The Morgan fingerprint density at radius 3 is 2.60 bits per heavy atom. The molecule has 4 nitrogen and oxygen atoms in total. The number of H-pyrrole nitrogens is 1. The number of nitrogens with one attached hydrogen (secondary N) is 1. The number of halogens is 2. The molecule has 0 aliphatic heterocycles. The minimum Gasteiger partial charge on any atom is -0.462 e. The summed E-state index contributed by atoms with van der Waals surface area (Å²) in [5, 5.41) is 0.700. The zero-order valence-corrected chi connectivity index (χ0v) is 16.7. The third-order valence-corrected chi connectivity index (χ3v) is 5.57. The van der Waals surface area contributed by atoms with Gasteiger partial charge in [-0.25, -0.2) is 4.79 Å².